The molecule has 1 N–H and O–H groups in total. The molecule has 0 aromatic carbocycles. The predicted molar refractivity (Wildman–Crippen MR) is 53.3 cm³/mol. The van der Waals surface area contributed by atoms with Crippen molar-refractivity contribution < 1.29 is 44.5 Å². The topological polar surface area (TPSA) is 100 Å². The molecular formula is C8H10ClN4NaO3. The Morgan fingerprint density at radius 2 is 2.24 bits per heavy atom. The van der Waals surface area contributed by atoms with Crippen LogP contribution in [0.2, 0.25) is 0 Å². The zero-order chi connectivity index (χ0) is 12.0. The van der Waals surface area contributed by atoms with Gasteiger partial charge in [-0.3, -0.25) is 4.79 Å². The Hall–Kier alpha value is -0.310. The van der Waals surface area contributed by atoms with Crippen LogP contribution in [0.25, 0.3) is 0 Å². The summed E-state index contributed by atoms with van der Waals surface area (Å²) in [5, 5.41) is 19.7. The van der Waals surface area contributed by atoms with Crippen molar-refractivity contribution in [1.82, 2.24) is 15.2 Å². The van der Waals surface area contributed by atoms with E-state index in [1.54, 1.807) is 6.92 Å². The van der Waals surface area contributed by atoms with Crippen LogP contribution in [0.5, 0.6) is 0 Å². The second-order valence-electron chi connectivity index (χ2n) is 2.91. The minimum atomic E-state index is -0.262. The van der Waals surface area contributed by atoms with Crippen molar-refractivity contribution >= 4 is 23.3 Å². The molecule has 1 aromatic rings. The van der Waals surface area contributed by atoms with Crippen molar-refractivity contribution in [3.05, 3.63) is 11.5 Å². The molecule has 0 aliphatic heterocycles. The van der Waals surface area contributed by atoms with Crippen LogP contribution in [-0.2, 0) is 16.3 Å². The van der Waals surface area contributed by atoms with Gasteiger partial charge < -0.3 is 15.5 Å². The Morgan fingerprint density at radius 1 is 1.53 bits per heavy atom. The molecule has 0 atom stereocenters. The van der Waals surface area contributed by atoms with Gasteiger partial charge in [-0.15, -0.1) is 21.8 Å². The van der Waals surface area contributed by atoms with E-state index < -0.39 is 0 Å². The van der Waals surface area contributed by atoms with Crippen LogP contribution in [-0.4, -0.2) is 27.0 Å². The molecule has 1 aromatic heterocycles. The molecule has 88 valence electrons. The first-order valence-corrected chi connectivity index (χ1v) is 5.01. The van der Waals surface area contributed by atoms with Crippen LogP contribution in [0, 0.1) is 6.92 Å². The number of carbonyl (C=O) groups is 1. The summed E-state index contributed by atoms with van der Waals surface area (Å²) < 4.78 is 0. The number of rotatable bonds is 5. The Kier molecular flexibility index (Phi) is 8.57. The molecule has 0 bridgehead atoms. The Morgan fingerprint density at radius 3 is 2.76 bits per heavy atom. The van der Waals surface area contributed by atoms with Gasteiger partial charge in [-0.25, -0.2) is 4.98 Å². The maximum atomic E-state index is 11.2. The van der Waals surface area contributed by atoms with Crippen LogP contribution in [0.15, 0.2) is 0 Å². The summed E-state index contributed by atoms with van der Waals surface area (Å²) in [7, 11) is 0. The van der Waals surface area contributed by atoms with E-state index in [1.165, 1.54) is 0 Å². The number of hydrogen-bond acceptors (Lipinski definition) is 6. The summed E-state index contributed by atoms with van der Waals surface area (Å²) in [5.41, 5.74) is 0.463. The summed E-state index contributed by atoms with van der Waals surface area (Å²) in [6, 6.07) is 0. The number of carbonyl (C=O) groups excluding carboxylic acids is 1. The second kappa shape index (κ2) is 8.73. The normalized spacial score (nSPS) is 9.59. The van der Waals surface area contributed by atoms with Gasteiger partial charge in [0.25, 0.3) is 0 Å². The predicted octanol–water partition coefficient (Wildman–Crippen LogP) is -3.46. The monoisotopic (exact) mass is 268 g/mol. The molecule has 0 aliphatic rings. The van der Waals surface area contributed by atoms with E-state index in [1.807, 2.05) is 0 Å². The summed E-state index contributed by atoms with van der Waals surface area (Å²) in [5.74, 6) is 0.392. The molecule has 0 unspecified atom stereocenters. The zero-order valence-electron chi connectivity index (χ0n) is 9.57. The van der Waals surface area contributed by atoms with Crippen LogP contribution in [0.1, 0.15) is 17.9 Å². The number of hydrogen-bond donors (Lipinski definition) is 1. The standard InChI is InChI=1S/C8H11ClN4O3.Na/c1-5-8(11-7(14)2-3-9)13-12-6(10-5)4-16-15;/h15H,2-4H2,1H3,(H,11,13,14);/q;+1/p-1. The van der Waals surface area contributed by atoms with Gasteiger partial charge in [0.1, 0.15) is 0 Å². The average Bonchev–Trinajstić information content (AvgIpc) is 2.23. The largest absolute Gasteiger partial charge is 1.00 e. The van der Waals surface area contributed by atoms with E-state index in [9.17, 15) is 10.1 Å². The average molecular weight is 269 g/mol. The summed E-state index contributed by atoms with van der Waals surface area (Å²) in [6.07, 6.45) is 0.189. The number of alkyl halides is 1. The zero-order valence-corrected chi connectivity index (χ0v) is 12.3. The molecule has 17 heavy (non-hydrogen) atoms. The van der Waals surface area contributed by atoms with Crippen LogP contribution < -0.4 is 40.1 Å². The van der Waals surface area contributed by atoms with Gasteiger partial charge >= 0.3 is 29.6 Å². The molecule has 0 fully saturated rings. The van der Waals surface area contributed by atoms with Gasteiger partial charge in [0.2, 0.25) is 5.91 Å². The number of halogens is 1. The van der Waals surface area contributed by atoms with Crippen LogP contribution >= 0.6 is 11.6 Å². The second-order valence-corrected chi connectivity index (χ2v) is 3.29. The van der Waals surface area contributed by atoms with Gasteiger partial charge in [0.05, 0.1) is 12.3 Å². The quantitative estimate of drug-likeness (QED) is 0.258. The molecule has 7 nitrogen and oxygen atoms in total. The van der Waals surface area contributed by atoms with Crippen molar-refractivity contribution in [3.8, 4) is 0 Å². The van der Waals surface area contributed by atoms with E-state index in [0.717, 1.165) is 0 Å². The van der Waals surface area contributed by atoms with Gasteiger partial charge in [0, 0.05) is 12.3 Å². The first kappa shape index (κ1) is 16.7. The van der Waals surface area contributed by atoms with E-state index in [2.05, 4.69) is 25.4 Å². The fraction of sp³-hybridized carbons (Fsp3) is 0.500. The molecule has 1 heterocycles. The third kappa shape index (κ3) is 5.71. The van der Waals surface area contributed by atoms with E-state index in [-0.39, 0.29) is 66.0 Å². The van der Waals surface area contributed by atoms with Crippen molar-refractivity contribution in [2.24, 2.45) is 0 Å². The number of aromatic nitrogens is 3. The molecule has 0 saturated heterocycles. The first-order valence-electron chi connectivity index (χ1n) is 4.48. The molecule has 0 saturated carbocycles. The maximum Gasteiger partial charge on any atom is 1.00 e. The first-order chi connectivity index (χ1) is 7.67. The fourth-order valence-corrected chi connectivity index (χ4v) is 1.13. The third-order valence-corrected chi connectivity index (χ3v) is 1.86. The molecule has 1 amide bonds. The number of aryl methyl sites for hydroxylation is 1. The van der Waals surface area contributed by atoms with E-state index in [4.69, 9.17) is 11.6 Å². The number of nitrogens with zero attached hydrogens (tertiary/aromatic N) is 3. The molecular weight excluding hydrogens is 259 g/mol. The van der Waals surface area contributed by atoms with Gasteiger partial charge in [-0.1, -0.05) is 0 Å². The molecule has 0 radical (unpaired) electrons. The number of amides is 1. The van der Waals surface area contributed by atoms with E-state index >= 15 is 0 Å². The minimum Gasteiger partial charge on any atom is -0.723 e. The fourth-order valence-electron chi connectivity index (χ4n) is 0.959. The Bertz CT molecular complexity index is 380. The van der Waals surface area contributed by atoms with Gasteiger partial charge in [-0.2, -0.15) is 0 Å². The molecule has 0 spiro atoms. The van der Waals surface area contributed by atoms with Crippen LogP contribution in [0.3, 0.4) is 0 Å². The van der Waals surface area contributed by atoms with Gasteiger partial charge in [0.15, 0.2) is 11.6 Å². The third-order valence-electron chi connectivity index (χ3n) is 1.67. The summed E-state index contributed by atoms with van der Waals surface area (Å²) in [4.78, 5) is 18.8. The smallest absolute Gasteiger partial charge is 0.723 e. The molecule has 0 aliphatic carbocycles. The Labute approximate surface area is 125 Å². The maximum absolute atomic E-state index is 11.2. The molecule has 9 heteroatoms. The number of nitrogens with one attached hydrogen (secondary N) is 1. The van der Waals surface area contributed by atoms with Crippen molar-refractivity contribution in [1.29, 1.82) is 0 Å². The van der Waals surface area contributed by atoms with E-state index in [0.29, 0.717) is 5.69 Å². The van der Waals surface area contributed by atoms with Crippen molar-refractivity contribution in [2.75, 3.05) is 11.2 Å². The van der Waals surface area contributed by atoms with Crippen molar-refractivity contribution in [2.45, 2.75) is 20.0 Å². The Balaban J connectivity index is 0.00000256. The van der Waals surface area contributed by atoms with Crippen LogP contribution in [0.4, 0.5) is 5.82 Å². The minimum absolute atomic E-state index is 0. The summed E-state index contributed by atoms with van der Waals surface area (Å²) in [6.45, 7) is 1.38. The number of anilines is 1. The van der Waals surface area contributed by atoms with Crippen molar-refractivity contribution in [3.63, 3.8) is 0 Å². The summed E-state index contributed by atoms with van der Waals surface area (Å²) >= 11 is 5.41. The molecule has 1 rings (SSSR count). The van der Waals surface area contributed by atoms with Gasteiger partial charge in [-0.05, 0) is 6.92 Å². The SMILES string of the molecule is Cc1nc(CO[O-])nnc1NC(=O)CCCl.[Na+].